The van der Waals surface area contributed by atoms with Gasteiger partial charge >= 0.3 is 0 Å². The normalized spacial score (nSPS) is 11.7. The number of rotatable bonds is 6. The van der Waals surface area contributed by atoms with Crippen molar-refractivity contribution >= 4 is 15.9 Å². The number of amides is 1. The zero-order chi connectivity index (χ0) is 15.3. The molecule has 1 aromatic carbocycles. The van der Waals surface area contributed by atoms with E-state index in [1.165, 1.54) is 0 Å². The third-order valence-electron chi connectivity index (χ3n) is 2.75. The summed E-state index contributed by atoms with van der Waals surface area (Å²) in [5, 5.41) is 2.63. The Morgan fingerprint density at radius 3 is 2.50 bits per heavy atom. The first-order chi connectivity index (χ1) is 9.19. The van der Waals surface area contributed by atoms with E-state index in [1.807, 2.05) is 45.9 Å². The number of aryl methyl sites for hydroxylation is 2. The Hall–Kier alpha value is -1.40. The van der Waals surface area contributed by atoms with Gasteiger partial charge in [-0.15, -0.1) is 0 Å². The van der Waals surface area contributed by atoms with Crippen LogP contribution in [0.15, 0.2) is 18.2 Å². The van der Waals surface area contributed by atoms with Gasteiger partial charge in [-0.3, -0.25) is 4.79 Å². The molecule has 0 saturated carbocycles. The lowest BCUT2D eigenvalue weighted by molar-refractivity contribution is -0.120. The van der Waals surface area contributed by atoms with Crippen molar-refractivity contribution in [2.24, 2.45) is 0 Å². The first kappa shape index (κ1) is 16.7. The maximum Gasteiger partial charge on any atom is 0.235 e. The van der Waals surface area contributed by atoms with Gasteiger partial charge in [0, 0.05) is 6.04 Å². The van der Waals surface area contributed by atoms with Gasteiger partial charge in [0.05, 0.1) is 12.3 Å². The van der Waals surface area contributed by atoms with Gasteiger partial charge in [-0.05, 0) is 38.8 Å². The molecule has 5 nitrogen and oxygen atoms in total. The Kier molecular flexibility index (Phi) is 5.71. The highest BCUT2D eigenvalue weighted by molar-refractivity contribution is 7.88. The third-order valence-corrected chi connectivity index (χ3v) is 4.03. The van der Waals surface area contributed by atoms with Gasteiger partial charge < -0.3 is 5.32 Å². The molecule has 1 rings (SSSR count). The fourth-order valence-electron chi connectivity index (χ4n) is 1.76. The van der Waals surface area contributed by atoms with Crippen LogP contribution in [0.3, 0.4) is 0 Å². The molecule has 6 heteroatoms. The summed E-state index contributed by atoms with van der Waals surface area (Å²) in [4.78, 5) is 11.4. The molecule has 0 atom stereocenters. The molecule has 0 bridgehead atoms. The molecule has 0 saturated heterocycles. The van der Waals surface area contributed by atoms with E-state index in [1.54, 1.807) is 0 Å². The molecule has 0 aliphatic carbocycles. The fraction of sp³-hybridized carbons (Fsp3) is 0.500. The Morgan fingerprint density at radius 1 is 1.25 bits per heavy atom. The zero-order valence-electron chi connectivity index (χ0n) is 12.4. The number of carbonyl (C=O) groups excluding carboxylic acids is 1. The molecule has 20 heavy (non-hydrogen) atoms. The van der Waals surface area contributed by atoms with Crippen molar-refractivity contribution in [2.45, 2.75) is 39.5 Å². The molecule has 0 fully saturated rings. The van der Waals surface area contributed by atoms with Crippen LogP contribution in [0, 0.1) is 13.8 Å². The Labute approximate surface area is 120 Å². The van der Waals surface area contributed by atoms with Crippen LogP contribution in [0.25, 0.3) is 0 Å². The minimum absolute atomic E-state index is 0.00831. The van der Waals surface area contributed by atoms with Gasteiger partial charge in [0.2, 0.25) is 15.9 Å². The molecule has 1 amide bonds. The van der Waals surface area contributed by atoms with Gasteiger partial charge in [0.1, 0.15) is 0 Å². The molecule has 112 valence electrons. The van der Waals surface area contributed by atoms with E-state index >= 15 is 0 Å². The van der Waals surface area contributed by atoms with Crippen molar-refractivity contribution in [3.63, 3.8) is 0 Å². The Morgan fingerprint density at radius 2 is 1.90 bits per heavy atom. The second-order valence-corrected chi connectivity index (χ2v) is 7.04. The quantitative estimate of drug-likeness (QED) is 0.830. The number of hydrogen-bond donors (Lipinski definition) is 2. The Bertz CT molecular complexity index is 580. The van der Waals surface area contributed by atoms with Gasteiger partial charge in [-0.2, -0.15) is 0 Å². The lowest BCUT2D eigenvalue weighted by Crippen LogP contribution is -2.40. The summed E-state index contributed by atoms with van der Waals surface area (Å²) in [6.45, 7) is 7.20. The van der Waals surface area contributed by atoms with Crippen LogP contribution in [0.2, 0.25) is 0 Å². The maximum absolute atomic E-state index is 12.0. The standard InChI is InChI=1S/C14H22N2O3S/c1-10(2)16-14(17)8-15-20(18,19)9-13-7-11(3)5-6-12(13)4/h5-7,10,15H,8-9H2,1-4H3,(H,16,17). The van der Waals surface area contributed by atoms with Crippen molar-refractivity contribution in [1.82, 2.24) is 10.0 Å². The predicted octanol–water partition coefficient (Wildman–Crippen LogP) is 1.25. The highest BCUT2D eigenvalue weighted by Crippen LogP contribution is 2.13. The molecule has 0 aliphatic rings. The average Bonchev–Trinajstić information content (AvgIpc) is 2.30. The molecule has 0 heterocycles. The van der Waals surface area contributed by atoms with Crippen molar-refractivity contribution in [2.75, 3.05) is 6.54 Å². The predicted molar refractivity (Wildman–Crippen MR) is 79.8 cm³/mol. The number of hydrogen-bond acceptors (Lipinski definition) is 3. The highest BCUT2D eigenvalue weighted by Gasteiger charge is 2.15. The van der Waals surface area contributed by atoms with Crippen molar-refractivity contribution in [3.05, 3.63) is 34.9 Å². The van der Waals surface area contributed by atoms with Gasteiger partial charge in [0.15, 0.2) is 0 Å². The van der Waals surface area contributed by atoms with Crippen LogP contribution in [0.1, 0.15) is 30.5 Å². The van der Waals surface area contributed by atoms with E-state index in [0.717, 1.165) is 16.7 Å². The second-order valence-electron chi connectivity index (χ2n) is 5.23. The first-order valence-electron chi connectivity index (χ1n) is 6.52. The number of sulfonamides is 1. The summed E-state index contributed by atoms with van der Waals surface area (Å²) in [7, 11) is -3.52. The summed E-state index contributed by atoms with van der Waals surface area (Å²) >= 11 is 0. The summed E-state index contributed by atoms with van der Waals surface area (Å²) in [6.07, 6.45) is 0. The van der Waals surface area contributed by atoms with Crippen molar-refractivity contribution in [1.29, 1.82) is 0 Å². The van der Waals surface area contributed by atoms with Crippen LogP contribution in [-0.2, 0) is 20.6 Å². The number of nitrogens with one attached hydrogen (secondary N) is 2. The zero-order valence-corrected chi connectivity index (χ0v) is 13.2. The van der Waals surface area contributed by atoms with Crippen LogP contribution in [-0.4, -0.2) is 26.9 Å². The average molecular weight is 298 g/mol. The van der Waals surface area contributed by atoms with Crippen LogP contribution in [0.4, 0.5) is 0 Å². The van der Waals surface area contributed by atoms with Crippen molar-refractivity contribution in [3.8, 4) is 0 Å². The van der Waals surface area contributed by atoms with Gasteiger partial charge in [-0.25, -0.2) is 13.1 Å². The maximum atomic E-state index is 12.0. The summed E-state index contributed by atoms with van der Waals surface area (Å²) in [5.74, 6) is -0.445. The summed E-state index contributed by atoms with van der Waals surface area (Å²) < 4.78 is 26.2. The molecule has 1 aromatic rings. The van der Waals surface area contributed by atoms with Gasteiger partial charge in [-0.1, -0.05) is 23.8 Å². The lowest BCUT2D eigenvalue weighted by atomic mass is 10.1. The van der Waals surface area contributed by atoms with Crippen molar-refractivity contribution < 1.29 is 13.2 Å². The van der Waals surface area contributed by atoms with Crippen LogP contribution < -0.4 is 10.0 Å². The monoisotopic (exact) mass is 298 g/mol. The first-order valence-corrected chi connectivity index (χ1v) is 8.17. The molecule has 0 aliphatic heterocycles. The molecule has 0 spiro atoms. The number of carbonyl (C=O) groups is 1. The molecule has 0 radical (unpaired) electrons. The van der Waals surface area contributed by atoms with E-state index in [0.29, 0.717) is 0 Å². The summed E-state index contributed by atoms with van der Waals surface area (Å²) in [5.41, 5.74) is 2.69. The van der Waals surface area contributed by atoms with E-state index in [2.05, 4.69) is 10.0 Å². The molecular weight excluding hydrogens is 276 g/mol. The van der Waals surface area contributed by atoms with Crippen LogP contribution >= 0.6 is 0 Å². The summed E-state index contributed by atoms with van der Waals surface area (Å²) in [6, 6.07) is 5.68. The topological polar surface area (TPSA) is 75.3 Å². The highest BCUT2D eigenvalue weighted by atomic mass is 32.2. The number of benzene rings is 1. The van der Waals surface area contributed by atoms with E-state index in [-0.39, 0.29) is 24.2 Å². The SMILES string of the molecule is Cc1ccc(C)c(CS(=O)(=O)NCC(=O)NC(C)C)c1. The minimum atomic E-state index is -3.52. The fourth-order valence-corrected chi connectivity index (χ4v) is 2.93. The third kappa shape index (κ3) is 5.71. The molecule has 0 aromatic heterocycles. The smallest absolute Gasteiger partial charge is 0.235 e. The van der Waals surface area contributed by atoms with E-state index in [4.69, 9.17) is 0 Å². The van der Waals surface area contributed by atoms with Crippen LogP contribution in [0.5, 0.6) is 0 Å². The largest absolute Gasteiger partial charge is 0.353 e. The van der Waals surface area contributed by atoms with E-state index < -0.39 is 10.0 Å². The molecule has 0 unspecified atom stereocenters. The molecule has 2 N–H and O–H groups in total. The van der Waals surface area contributed by atoms with E-state index in [9.17, 15) is 13.2 Å². The minimum Gasteiger partial charge on any atom is -0.353 e. The molecular formula is C14H22N2O3S. The lowest BCUT2D eigenvalue weighted by Gasteiger charge is -2.11. The Balaban J connectivity index is 2.66. The second kappa shape index (κ2) is 6.85. The van der Waals surface area contributed by atoms with Gasteiger partial charge in [0.25, 0.3) is 0 Å².